The van der Waals surface area contributed by atoms with E-state index in [-0.39, 0.29) is 5.91 Å². The molecule has 156 valence electrons. The first-order valence-corrected chi connectivity index (χ1v) is 10.2. The summed E-state index contributed by atoms with van der Waals surface area (Å²) in [5.41, 5.74) is 1.69. The van der Waals surface area contributed by atoms with Crippen LogP contribution in [-0.2, 0) is 35.8 Å². The third-order valence-electron chi connectivity index (χ3n) is 5.98. The second kappa shape index (κ2) is 7.18. The van der Waals surface area contributed by atoms with Gasteiger partial charge in [-0.2, -0.15) is 18.3 Å². The van der Waals surface area contributed by atoms with Crippen molar-refractivity contribution in [2.45, 2.75) is 70.5 Å². The van der Waals surface area contributed by atoms with Gasteiger partial charge in [-0.25, -0.2) is 0 Å². The Morgan fingerprint density at radius 3 is 2.31 bits per heavy atom. The van der Waals surface area contributed by atoms with Crippen molar-refractivity contribution in [3.05, 3.63) is 46.8 Å². The van der Waals surface area contributed by atoms with Crippen LogP contribution < -0.4 is 4.90 Å². The van der Waals surface area contributed by atoms with Crippen LogP contribution in [0.1, 0.15) is 62.0 Å². The Labute approximate surface area is 168 Å². The Morgan fingerprint density at radius 2 is 1.69 bits per heavy atom. The van der Waals surface area contributed by atoms with Gasteiger partial charge in [0, 0.05) is 29.9 Å². The number of alkyl halides is 3. The minimum Gasteiger partial charge on any atom is -0.312 e. The molecule has 1 aromatic heterocycles. The lowest BCUT2D eigenvalue weighted by atomic mass is 9.91. The van der Waals surface area contributed by atoms with Crippen LogP contribution in [0.5, 0.6) is 0 Å². The minimum atomic E-state index is -4.42. The summed E-state index contributed by atoms with van der Waals surface area (Å²) in [6, 6.07) is 7.77. The number of amides is 1. The van der Waals surface area contributed by atoms with E-state index in [4.69, 9.17) is 0 Å². The third kappa shape index (κ3) is 3.79. The standard InChI is InChI=1S/C22H26F3N3O/c1-21(2,14-15-9-11-16(12-10-15)27-13-5-8-19(27)29)28-18-7-4-3-6-17(18)20(26-28)22(23,24)25/h9-12H,3-8,13-14H2,1-2H3. The van der Waals surface area contributed by atoms with E-state index in [9.17, 15) is 18.0 Å². The maximum absolute atomic E-state index is 13.5. The zero-order valence-corrected chi connectivity index (χ0v) is 16.9. The number of fused-ring (bicyclic) bond motifs is 1. The number of carbonyl (C=O) groups is 1. The number of carbonyl (C=O) groups excluding carboxylic acids is 1. The number of benzene rings is 1. The Balaban J connectivity index is 1.61. The van der Waals surface area contributed by atoms with Crippen molar-refractivity contribution in [3.63, 3.8) is 0 Å². The van der Waals surface area contributed by atoms with E-state index in [0.717, 1.165) is 42.8 Å². The molecular weight excluding hydrogens is 379 g/mol. The smallest absolute Gasteiger partial charge is 0.312 e. The fourth-order valence-electron chi connectivity index (χ4n) is 4.62. The highest BCUT2D eigenvalue weighted by Crippen LogP contribution is 2.38. The molecule has 0 unspecified atom stereocenters. The lowest BCUT2D eigenvalue weighted by molar-refractivity contribution is -0.142. The van der Waals surface area contributed by atoms with Crippen LogP contribution in [0, 0.1) is 0 Å². The summed E-state index contributed by atoms with van der Waals surface area (Å²) >= 11 is 0. The molecule has 1 fully saturated rings. The zero-order valence-electron chi connectivity index (χ0n) is 16.9. The predicted molar refractivity (Wildman–Crippen MR) is 105 cm³/mol. The highest BCUT2D eigenvalue weighted by molar-refractivity contribution is 5.95. The van der Waals surface area contributed by atoms with Crippen molar-refractivity contribution in [2.24, 2.45) is 0 Å². The van der Waals surface area contributed by atoms with Gasteiger partial charge in [-0.05, 0) is 70.1 Å². The quantitative estimate of drug-likeness (QED) is 0.727. The van der Waals surface area contributed by atoms with E-state index in [1.165, 1.54) is 0 Å². The molecule has 0 bridgehead atoms. The average molecular weight is 405 g/mol. The predicted octanol–water partition coefficient (Wildman–Crippen LogP) is 4.89. The number of aromatic nitrogens is 2. The molecule has 2 aromatic rings. The number of nitrogens with zero attached hydrogens (tertiary/aromatic N) is 3. The lowest BCUT2D eigenvalue weighted by Gasteiger charge is -2.29. The van der Waals surface area contributed by atoms with Gasteiger partial charge in [0.05, 0.1) is 5.54 Å². The van der Waals surface area contributed by atoms with Crippen LogP contribution in [0.3, 0.4) is 0 Å². The summed E-state index contributed by atoms with van der Waals surface area (Å²) in [7, 11) is 0. The molecule has 1 aromatic carbocycles. The summed E-state index contributed by atoms with van der Waals surface area (Å²) in [4.78, 5) is 13.7. The lowest BCUT2D eigenvalue weighted by Crippen LogP contribution is -2.32. The molecule has 1 amide bonds. The van der Waals surface area contributed by atoms with Gasteiger partial charge in [0.2, 0.25) is 5.91 Å². The SMILES string of the molecule is CC(C)(Cc1ccc(N2CCCC2=O)cc1)n1nc(C(F)(F)F)c2c1CCCC2. The molecule has 2 heterocycles. The number of hydrogen-bond acceptors (Lipinski definition) is 2. The van der Waals surface area contributed by atoms with Gasteiger partial charge < -0.3 is 4.90 Å². The van der Waals surface area contributed by atoms with Gasteiger partial charge in [0.15, 0.2) is 5.69 Å². The first-order valence-electron chi connectivity index (χ1n) is 10.2. The highest BCUT2D eigenvalue weighted by atomic mass is 19.4. The summed E-state index contributed by atoms with van der Waals surface area (Å²) < 4.78 is 42.2. The topological polar surface area (TPSA) is 38.1 Å². The Kier molecular flexibility index (Phi) is 4.95. The van der Waals surface area contributed by atoms with Crippen LogP contribution in [-0.4, -0.2) is 22.2 Å². The maximum atomic E-state index is 13.5. The number of anilines is 1. The van der Waals surface area contributed by atoms with Crippen LogP contribution in [0.15, 0.2) is 24.3 Å². The van der Waals surface area contributed by atoms with Crippen molar-refractivity contribution in [1.82, 2.24) is 9.78 Å². The summed E-state index contributed by atoms with van der Waals surface area (Å²) in [6.07, 6.45) is 0.347. The molecule has 0 radical (unpaired) electrons. The molecule has 0 N–H and O–H groups in total. The molecule has 2 aliphatic rings. The molecule has 1 aliphatic heterocycles. The molecule has 4 nitrogen and oxygen atoms in total. The van der Waals surface area contributed by atoms with Gasteiger partial charge in [-0.15, -0.1) is 0 Å². The largest absolute Gasteiger partial charge is 0.435 e. The van der Waals surface area contributed by atoms with Crippen molar-refractivity contribution < 1.29 is 18.0 Å². The molecule has 29 heavy (non-hydrogen) atoms. The molecule has 0 atom stereocenters. The Bertz CT molecular complexity index is 913. The first kappa shape index (κ1) is 20.0. The van der Waals surface area contributed by atoms with Gasteiger partial charge in [-0.3, -0.25) is 9.48 Å². The van der Waals surface area contributed by atoms with E-state index in [2.05, 4.69) is 5.10 Å². The molecular formula is C22H26F3N3O. The zero-order chi connectivity index (χ0) is 20.8. The van der Waals surface area contributed by atoms with Crippen molar-refractivity contribution >= 4 is 11.6 Å². The van der Waals surface area contributed by atoms with Gasteiger partial charge in [0.25, 0.3) is 0 Å². The van der Waals surface area contributed by atoms with Crippen LogP contribution in [0.2, 0.25) is 0 Å². The van der Waals surface area contributed by atoms with Crippen LogP contribution in [0.4, 0.5) is 18.9 Å². The van der Waals surface area contributed by atoms with Crippen LogP contribution in [0.25, 0.3) is 0 Å². The van der Waals surface area contributed by atoms with Gasteiger partial charge >= 0.3 is 6.18 Å². The summed E-state index contributed by atoms with van der Waals surface area (Å²) in [6.45, 7) is 4.61. The second-order valence-corrected chi connectivity index (χ2v) is 8.70. The fourth-order valence-corrected chi connectivity index (χ4v) is 4.62. The monoisotopic (exact) mass is 405 g/mol. The second-order valence-electron chi connectivity index (χ2n) is 8.70. The summed E-state index contributed by atoms with van der Waals surface area (Å²) in [5, 5.41) is 4.06. The molecule has 7 heteroatoms. The van der Waals surface area contributed by atoms with Crippen molar-refractivity contribution in [1.29, 1.82) is 0 Å². The minimum absolute atomic E-state index is 0.140. The van der Waals surface area contributed by atoms with E-state index in [1.807, 2.05) is 38.1 Å². The molecule has 4 rings (SSSR count). The van der Waals surface area contributed by atoms with Gasteiger partial charge in [0.1, 0.15) is 0 Å². The molecule has 1 saturated heterocycles. The number of rotatable bonds is 4. The third-order valence-corrected chi connectivity index (χ3v) is 5.98. The molecule has 0 saturated carbocycles. The Hall–Kier alpha value is -2.31. The fraction of sp³-hybridized carbons (Fsp3) is 0.545. The van der Waals surface area contributed by atoms with E-state index in [1.54, 1.807) is 9.58 Å². The number of halogens is 3. The van der Waals surface area contributed by atoms with E-state index < -0.39 is 17.4 Å². The van der Waals surface area contributed by atoms with Gasteiger partial charge in [-0.1, -0.05) is 12.1 Å². The van der Waals surface area contributed by atoms with E-state index >= 15 is 0 Å². The maximum Gasteiger partial charge on any atom is 0.435 e. The highest BCUT2D eigenvalue weighted by Gasteiger charge is 2.41. The normalized spacial score (nSPS) is 17.7. The summed E-state index contributed by atoms with van der Waals surface area (Å²) in [5.74, 6) is 0.140. The van der Waals surface area contributed by atoms with Crippen LogP contribution >= 0.6 is 0 Å². The number of hydrogen-bond donors (Lipinski definition) is 0. The molecule has 0 spiro atoms. The first-order chi connectivity index (χ1) is 13.7. The van der Waals surface area contributed by atoms with E-state index in [0.29, 0.717) is 31.2 Å². The average Bonchev–Trinajstić information content (AvgIpc) is 3.26. The van der Waals surface area contributed by atoms with Crippen molar-refractivity contribution in [3.8, 4) is 0 Å². The van der Waals surface area contributed by atoms with Crippen molar-refractivity contribution in [2.75, 3.05) is 11.4 Å². The molecule has 1 aliphatic carbocycles. The Morgan fingerprint density at radius 1 is 1.00 bits per heavy atom.